The Bertz CT molecular complexity index is 474. The van der Waals surface area contributed by atoms with E-state index in [1.54, 1.807) is 7.11 Å². The maximum Gasteiger partial charge on any atom is 0.404 e. The first-order valence-corrected chi connectivity index (χ1v) is 6.46. The average molecular weight is 277 g/mol. The summed E-state index contributed by atoms with van der Waals surface area (Å²) in [6.45, 7) is 0.573. The number of nitrogens with two attached hydrogens (primary N) is 1. The first-order valence-electron chi connectivity index (χ1n) is 6.46. The highest BCUT2D eigenvalue weighted by Crippen LogP contribution is 2.28. The van der Waals surface area contributed by atoms with Crippen LogP contribution in [0.1, 0.15) is 5.56 Å². The van der Waals surface area contributed by atoms with E-state index in [9.17, 15) is 4.79 Å². The molecule has 0 bridgehead atoms. The second-order valence-electron chi connectivity index (χ2n) is 4.72. The monoisotopic (exact) mass is 277 g/mol. The lowest BCUT2D eigenvalue weighted by molar-refractivity contribution is -0.124. The van der Waals surface area contributed by atoms with Crippen LogP contribution < -0.4 is 5.73 Å². The van der Waals surface area contributed by atoms with Crippen LogP contribution in [0.3, 0.4) is 0 Å². The van der Waals surface area contributed by atoms with Gasteiger partial charge in [-0.25, -0.2) is 4.79 Å². The number of amides is 1. The van der Waals surface area contributed by atoms with Gasteiger partial charge < -0.3 is 19.9 Å². The molecular formula is C15H19NO4. The number of hydrogen-bond donors (Lipinski definition) is 1. The summed E-state index contributed by atoms with van der Waals surface area (Å²) in [7, 11) is 1.59. The summed E-state index contributed by atoms with van der Waals surface area (Å²) in [6, 6.07) is 9.85. The molecular weight excluding hydrogens is 258 g/mol. The van der Waals surface area contributed by atoms with Gasteiger partial charge in [0, 0.05) is 13.5 Å². The van der Waals surface area contributed by atoms with Crippen LogP contribution in [0.4, 0.5) is 4.79 Å². The zero-order valence-corrected chi connectivity index (χ0v) is 11.5. The van der Waals surface area contributed by atoms with Gasteiger partial charge in [0.05, 0.1) is 6.61 Å². The van der Waals surface area contributed by atoms with Crippen molar-refractivity contribution >= 4 is 6.09 Å². The molecule has 0 aromatic heterocycles. The SMILES string of the molecule is CO[C@](COC(N)=O)(Cc1ccccc1)[C@@H]1C=CCO1. The average Bonchev–Trinajstić information content (AvgIpc) is 2.99. The molecule has 1 heterocycles. The lowest BCUT2D eigenvalue weighted by atomic mass is 9.89. The topological polar surface area (TPSA) is 70.8 Å². The smallest absolute Gasteiger partial charge is 0.404 e. The van der Waals surface area contributed by atoms with E-state index >= 15 is 0 Å². The second kappa shape index (κ2) is 6.54. The van der Waals surface area contributed by atoms with Crippen molar-refractivity contribution in [2.45, 2.75) is 18.1 Å². The van der Waals surface area contributed by atoms with Crippen LogP contribution >= 0.6 is 0 Å². The van der Waals surface area contributed by atoms with Crippen LogP contribution in [0.2, 0.25) is 0 Å². The highest BCUT2D eigenvalue weighted by atomic mass is 16.6. The standard InChI is InChI=1S/C15H19NO4/c1-18-15(11-20-14(16)17,13-8-5-9-19-13)10-12-6-3-2-4-7-12/h2-8,13H,9-11H2,1H3,(H2,16,17)/t13-,15-/m0/s1. The molecule has 0 saturated carbocycles. The quantitative estimate of drug-likeness (QED) is 0.803. The van der Waals surface area contributed by atoms with Crippen molar-refractivity contribution in [1.29, 1.82) is 0 Å². The van der Waals surface area contributed by atoms with E-state index in [1.165, 1.54) is 0 Å². The molecule has 1 aliphatic rings. The van der Waals surface area contributed by atoms with E-state index in [-0.39, 0.29) is 12.7 Å². The van der Waals surface area contributed by atoms with Crippen LogP contribution in [0.15, 0.2) is 42.5 Å². The highest BCUT2D eigenvalue weighted by molar-refractivity contribution is 5.64. The number of hydrogen-bond acceptors (Lipinski definition) is 4. The number of rotatable bonds is 6. The van der Waals surface area contributed by atoms with Crippen molar-refractivity contribution in [3.63, 3.8) is 0 Å². The van der Waals surface area contributed by atoms with Gasteiger partial charge in [0.2, 0.25) is 0 Å². The van der Waals surface area contributed by atoms with Crippen molar-refractivity contribution in [2.75, 3.05) is 20.3 Å². The Kier molecular flexibility index (Phi) is 4.76. The summed E-state index contributed by atoms with van der Waals surface area (Å²) in [5.41, 5.74) is 5.37. The first kappa shape index (κ1) is 14.6. The van der Waals surface area contributed by atoms with E-state index in [4.69, 9.17) is 19.9 Å². The van der Waals surface area contributed by atoms with Gasteiger partial charge in [-0.3, -0.25) is 0 Å². The Labute approximate surface area is 118 Å². The van der Waals surface area contributed by atoms with Gasteiger partial charge in [-0.1, -0.05) is 42.5 Å². The van der Waals surface area contributed by atoms with Crippen LogP contribution in [0.25, 0.3) is 0 Å². The molecule has 5 nitrogen and oxygen atoms in total. The third-order valence-corrected chi connectivity index (χ3v) is 3.41. The Morgan fingerprint density at radius 2 is 2.20 bits per heavy atom. The Morgan fingerprint density at radius 1 is 1.45 bits per heavy atom. The molecule has 1 aromatic carbocycles. The van der Waals surface area contributed by atoms with Gasteiger partial charge in [0.25, 0.3) is 0 Å². The van der Waals surface area contributed by atoms with E-state index in [0.717, 1.165) is 5.56 Å². The lowest BCUT2D eigenvalue weighted by Crippen LogP contribution is -2.50. The third-order valence-electron chi connectivity index (χ3n) is 3.41. The van der Waals surface area contributed by atoms with Crippen molar-refractivity contribution in [1.82, 2.24) is 0 Å². The van der Waals surface area contributed by atoms with Crippen molar-refractivity contribution in [2.24, 2.45) is 5.73 Å². The molecule has 2 atom stereocenters. The van der Waals surface area contributed by atoms with Gasteiger partial charge in [-0.15, -0.1) is 0 Å². The Morgan fingerprint density at radius 3 is 2.75 bits per heavy atom. The zero-order valence-electron chi connectivity index (χ0n) is 11.5. The summed E-state index contributed by atoms with van der Waals surface area (Å²) >= 11 is 0. The number of carbonyl (C=O) groups is 1. The van der Waals surface area contributed by atoms with E-state index in [2.05, 4.69) is 0 Å². The molecule has 1 aromatic rings. The van der Waals surface area contributed by atoms with Gasteiger partial charge in [-0.05, 0) is 5.56 Å². The first-order chi connectivity index (χ1) is 9.66. The predicted molar refractivity (Wildman–Crippen MR) is 74.3 cm³/mol. The molecule has 1 aliphatic heterocycles. The minimum absolute atomic E-state index is 0.0444. The minimum Gasteiger partial charge on any atom is -0.447 e. The number of ether oxygens (including phenoxy) is 3. The molecule has 2 N–H and O–H groups in total. The maximum atomic E-state index is 10.9. The van der Waals surface area contributed by atoms with Crippen LogP contribution in [0, 0.1) is 0 Å². The molecule has 20 heavy (non-hydrogen) atoms. The lowest BCUT2D eigenvalue weighted by Gasteiger charge is -2.35. The van der Waals surface area contributed by atoms with Crippen molar-refractivity contribution < 1.29 is 19.0 Å². The highest BCUT2D eigenvalue weighted by Gasteiger charge is 2.41. The second-order valence-corrected chi connectivity index (χ2v) is 4.72. The molecule has 0 spiro atoms. The fourth-order valence-corrected chi connectivity index (χ4v) is 2.34. The summed E-state index contributed by atoms with van der Waals surface area (Å²) in [4.78, 5) is 10.9. The van der Waals surface area contributed by atoms with Gasteiger partial charge >= 0.3 is 6.09 Å². The van der Waals surface area contributed by atoms with E-state index in [1.807, 2.05) is 42.5 Å². The summed E-state index contributed by atoms with van der Waals surface area (Å²) in [5, 5.41) is 0. The Hall–Kier alpha value is -1.85. The van der Waals surface area contributed by atoms with Crippen molar-refractivity contribution in [3.8, 4) is 0 Å². The fourth-order valence-electron chi connectivity index (χ4n) is 2.34. The van der Waals surface area contributed by atoms with Crippen LogP contribution in [-0.4, -0.2) is 38.1 Å². The molecule has 2 rings (SSSR count). The third kappa shape index (κ3) is 3.37. The van der Waals surface area contributed by atoms with Gasteiger partial charge in [0.15, 0.2) is 0 Å². The number of benzene rings is 1. The minimum atomic E-state index is -0.818. The Balaban J connectivity index is 2.21. The van der Waals surface area contributed by atoms with E-state index < -0.39 is 11.7 Å². The van der Waals surface area contributed by atoms with Crippen LogP contribution in [-0.2, 0) is 20.6 Å². The fraction of sp³-hybridized carbons (Fsp3) is 0.400. The normalized spacial score (nSPS) is 20.6. The van der Waals surface area contributed by atoms with Gasteiger partial charge in [-0.2, -0.15) is 0 Å². The van der Waals surface area contributed by atoms with Crippen molar-refractivity contribution in [3.05, 3.63) is 48.0 Å². The van der Waals surface area contributed by atoms with Crippen LogP contribution in [0.5, 0.6) is 0 Å². The molecule has 0 saturated heterocycles. The summed E-state index contributed by atoms with van der Waals surface area (Å²) in [6.07, 6.45) is 3.32. The number of methoxy groups -OCH3 is 1. The molecule has 5 heteroatoms. The number of carbonyl (C=O) groups excluding carboxylic acids is 1. The molecule has 108 valence electrons. The summed E-state index contributed by atoms with van der Waals surface area (Å²) in [5.74, 6) is 0. The van der Waals surface area contributed by atoms with E-state index in [0.29, 0.717) is 13.0 Å². The largest absolute Gasteiger partial charge is 0.447 e. The number of primary amides is 1. The zero-order chi connectivity index (χ0) is 14.4. The maximum absolute atomic E-state index is 10.9. The molecule has 0 aliphatic carbocycles. The molecule has 1 amide bonds. The molecule has 0 unspecified atom stereocenters. The van der Waals surface area contributed by atoms with Gasteiger partial charge in [0.1, 0.15) is 18.3 Å². The predicted octanol–water partition coefficient (Wildman–Crippen LogP) is 1.66. The summed E-state index contributed by atoms with van der Waals surface area (Å²) < 4.78 is 16.3. The molecule has 0 fully saturated rings. The molecule has 0 radical (unpaired) electrons.